The molecule has 1 aliphatic heterocycles. The molecule has 0 saturated carbocycles. The van der Waals surface area contributed by atoms with Crippen LogP contribution >= 0.6 is 0 Å². The van der Waals surface area contributed by atoms with Crippen molar-refractivity contribution in [1.82, 2.24) is 15.1 Å². The first-order valence-corrected chi connectivity index (χ1v) is 6.60. The lowest BCUT2D eigenvalue weighted by atomic mass is 10.1. The maximum absolute atomic E-state index is 12.0. The summed E-state index contributed by atoms with van der Waals surface area (Å²) in [6, 6.07) is -0.103. The number of carbonyl (C=O) groups is 2. The zero-order chi connectivity index (χ0) is 14.0. The summed E-state index contributed by atoms with van der Waals surface area (Å²) in [5.74, 6) is 0.0401. The highest BCUT2D eigenvalue weighted by Crippen LogP contribution is 2.20. The molecule has 19 heavy (non-hydrogen) atoms. The fourth-order valence-electron chi connectivity index (χ4n) is 2.13. The topological polar surface area (TPSA) is 67.2 Å². The van der Waals surface area contributed by atoms with E-state index in [1.165, 1.54) is 0 Å². The van der Waals surface area contributed by atoms with Gasteiger partial charge in [0.05, 0.1) is 17.9 Å². The second-order valence-electron chi connectivity index (χ2n) is 5.10. The van der Waals surface area contributed by atoms with Crippen LogP contribution in [0.25, 0.3) is 0 Å². The first kappa shape index (κ1) is 13.6. The third-order valence-electron chi connectivity index (χ3n) is 3.53. The predicted octanol–water partition coefficient (Wildman–Crippen LogP) is 0.688. The summed E-state index contributed by atoms with van der Waals surface area (Å²) in [7, 11) is 1.81. The molecule has 6 nitrogen and oxygen atoms in total. The summed E-state index contributed by atoms with van der Waals surface area (Å²) >= 11 is 0. The van der Waals surface area contributed by atoms with Gasteiger partial charge >= 0.3 is 0 Å². The predicted molar refractivity (Wildman–Crippen MR) is 71.6 cm³/mol. The Morgan fingerprint density at radius 1 is 1.63 bits per heavy atom. The van der Waals surface area contributed by atoms with E-state index in [1.807, 2.05) is 20.9 Å². The molecule has 0 spiro atoms. The zero-order valence-electron chi connectivity index (χ0n) is 11.6. The third-order valence-corrected chi connectivity index (χ3v) is 3.53. The first-order valence-electron chi connectivity index (χ1n) is 6.60. The molecule has 1 N–H and O–H groups in total. The van der Waals surface area contributed by atoms with Gasteiger partial charge in [0.15, 0.2) is 0 Å². The summed E-state index contributed by atoms with van der Waals surface area (Å²) < 4.78 is 1.66. The van der Waals surface area contributed by atoms with Gasteiger partial charge in [0.2, 0.25) is 11.8 Å². The van der Waals surface area contributed by atoms with Crippen molar-refractivity contribution in [3.63, 3.8) is 0 Å². The molecule has 2 rings (SSSR count). The monoisotopic (exact) mass is 264 g/mol. The minimum Gasteiger partial charge on any atom is -0.351 e. The van der Waals surface area contributed by atoms with Crippen LogP contribution in [0.2, 0.25) is 0 Å². The average molecular weight is 264 g/mol. The van der Waals surface area contributed by atoms with Crippen molar-refractivity contribution in [1.29, 1.82) is 0 Å². The van der Waals surface area contributed by atoms with Crippen molar-refractivity contribution in [3.05, 3.63) is 12.4 Å². The Labute approximate surface area is 112 Å². The van der Waals surface area contributed by atoms with Crippen LogP contribution in [0.15, 0.2) is 12.4 Å². The molecule has 1 aliphatic rings. The number of hydrogen-bond donors (Lipinski definition) is 1. The number of anilines is 1. The van der Waals surface area contributed by atoms with Crippen LogP contribution in [0.1, 0.15) is 26.7 Å². The number of nitrogens with zero attached hydrogens (tertiary/aromatic N) is 3. The lowest BCUT2D eigenvalue weighted by molar-refractivity contribution is -0.125. The molecule has 2 amide bonds. The highest BCUT2D eigenvalue weighted by Gasteiger charge is 2.32. The van der Waals surface area contributed by atoms with Crippen LogP contribution in [0.5, 0.6) is 0 Å². The molecule has 0 bridgehead atoms. The Bertz CT molecular complexity index is 483. The van der Waals surface area contributed by atoms with E-state index >= 15 is 0 Å². The standard InChI is InChI=1S/C13H20N4O2/c1-4-9(2)13(19)15-10-5-12(18)17(7-10)11-6-14-16(3)8-11/h6,8-10H,4-5,7H2,1-3H3,(H,15,19). The number of rotatable bonds is 4. The van der Waals surface area contributed by atoms with Gasteiger partial charge in [0.1, 0.15) is 0 Å². The number of aromatic nitrogens is 2. The Hall–Kier alpha value is -1.85. The van der Waals surface area contributed by atoms with E-state index in [1.54, 1.807) is 22.0 Å². The molecule has 1 saturated heterocycles. The number of hydrogen-bond acceptors (Lipinski definition) is 3. The summed E-state index contributed by atoms with van der Waals surface area (Å²) in [6.45, 7) is 4.39. The number of nitrogens with one attached hydrogen (secondary N) is 1. The maximum atomic E-state index is 12.0. The molecular weight excluding hydrogens is 244 g/mol. The lowest BCUT2D eigenvalue weighted by Gasteiger charge is -2.16. The van der Waals surface area contributed by atoms with Crippen molar-refractivity contribution in [3.8, 4) is 0 Å². The summed E-state index contributed by atoms with van der Waals surface area (Å²) in [4.78, 5) is 25.5. The van der Waals surface area contributed by atoms with Crippen LogP contribution in [0.3, 0.4) is 0 Å². The van der Waals surface area contributed by atoms with Gasteiger partial charge in [0.25, 0.3) is 0 Å². The molecule has 1 aromatic heterocycles. The van der Waals surface area contributed by atoms with E-state index < -0.39 is 0 Å². The fraction of sp³-hybridized carbons (Fsp3) is 0.615. The Balaban J connectivity index is 1.98. The van der Waals surface area contributed by atoms with E-state index in [-0.39, 0.29) is 23.8 Å². The van der Waals surface area contributed by atoms with Crippen LogP contribution in [-0.2, 0) is 16.6 Å². The van der Waals surface area contributed by atoms with Crippen molar-refractivity contribution in [2.24, 2.45) is 13.0 Å². The SMILES string of the molecule is CCC(C)C(=O)NC1CC(=O)N(c2cnn(C)c2)C1. The normalized spacial score (nSPS) is 20.7. The third kappa shape index (κ3) is 2.94. The zero-order valence-corrected chi connectivity index (χ0v) is 11.6. The van der Waals surface area contributed by atoms with Crippen molar-refractivity contribution in [2.75, 3.05) is 11.4 Å². The van der Waals surface area contributed by atoms with E-state index in [4.69, 9.17) is 0 Å². The van der Waals surface area contributed by atoms with Gasteiger partial charge in [-0.1, -0.05) is 13.8 Å². The molecule has 1 fully saturated rings. The minimum absolute atomic E-state index is 0.0115. The Kier molecular flexibility index (Phi) is 3.87. The van der Waals surface area contributed by atoms with Crippen LogP contribution in [0, 0.1) is 5.92 Å². The molecule has 6 heteroatoms. The van der Waals surface area contributed by atoms with Gasteiger partial charge in [-0.3, -0.25) is 14.3 Å². The first-order chi connectivity index (χ1) is 9.01. The molecule has 0 aliphatic carbocycles. The Morgan fingerprint density at radius 3 is 2.95 bits per heavy atom. The number of carbonyl (C=O) groups excluding carboxylic acids is 2. The Morgan fingerprint density at radius 2 is 2.37 bits per heavy atom. The quantitative estimate of drug-likeness (QED) is 0.870. The second kappa shape index (κ2) is 5.42. The average Bonchev–Trinajstić information content (AvgIpc) is 2.94. The van der Waals surface area contributed by atoms with Gasteiger partial charge in [-0.15, -0.1) is 0 Å². The highest BCUT2D eigenvalue weighted by atomic mass is 16.2. The molecular formula is C13H20N4O2. The molecule has 104 valence electrons. The van der Waals surface area contributed by atoms with Gasteiger partial charge in [-0.05, 0) is 6.42 Å². The molecule has 0 aromatic carbocycles. The summed E-state index contributed by atoms with van der Waals surface area (Å²) in [5, 5.41) is 7.00. The molecule has 0 radical (unpaired) electrons. The van der Waals surface area contributed by atoms with E-state index in [0.29, 0.717) is 13.0 Å². The van der Waals surface area contributed by atoms with Gasteiger partial charge in [0, 0.05) is 32.1 Å². The van der Waals surface area contributed by atoms with Crippen LogP contribution in [0.4, 0.5) is 5.69 Å². The molecule has 1 aromatic rings. The van der Waals surface area contributed by atoms with E-state index in [2.05, 4.69) is 10.4 Å². The van der Waals surface area contributed by atoms with Gasteiger partial charge < -0.3 is 10.2 Å². The lowest BCUT2D eigenvalue weighted by Crippen LogP contribution is -2.39. The van der Waals surface area contributed by atoms with Gasteiger partial charge in [-0.25, -0.2) is 0 Å². The summed E-state index contributed by atoms with van der Waals surface area (Å²) in [5.41, 5.74) is 0.785. The van der Waals surface area contributed by atoms with Crippen LogP contribution in [-0.4, -0.2) is 34.2 Å². The minimum atomic E-state index is -0.103. The maximum Gasteiger partial charge on any atom is 0.229 e. The van der Waals surface area contributed by atoms with Crippen molar-refractivity contribution in [2.45, 2.75) is 32.7 Å². The largest absolute Gasteiger partial charge is 0.351 e. The van der Waals surface area contributed by atoms with Crippen molar-refractivity contribution >= 4 is 17.5 Å². The number of aryl methyl sites for hydroxylation is 1. The van der Waals surface area contributed by atoms with E-state index in [0.717, 1.165) is 12.1 Å². The molecule has 2 atom stereocenters. The van der Waals surface area contributed by atoms with Gasteiger partial charge in [-0.2, -0.15) is 5.10 Å². The smallest absolute Gasteiger partial charge is 0.229 e. The van der Waals surface area contributed by atoms with E-state index in [9.17, 15) is 9.59 Å². The van der Waals surface area contributed by atoms with Crippen LogP contribution < -0.4 is 10.2 Å². The number of amides is 2. The fourth-order valence-corrected chi connectivity index (χ4v) is 2.13. The highest BCUT2D eigenvalue weighted by molar-refractivity contribution is 5.96. The molecule has 2 unspecified atom stereocenters. The van der Waals surface area contributed by atoms with Crippen molar-refractivity contribution < 1.29 is 9.59 Å². The second-order valence-corrected chi connectivity index (χ2v) is 5.10. The molecule has 2 heterocycles. The summed E-state index contributed by atoms with van der Waals surface area (Å²) in [6.07, 6.45) is 4.63.